The van der Waals surface area contributed by atoms with Crippen LogP contribution in [-0.2, 0) is 4.79 Å². The molecule has 78 valence electrons. The molecule has 14 heavy (non-hydrogen) atoms. The number of hydrogen-bond donors (Lipinski definition) is 1. The van der Waals surface area contributed by atoms with E-state index < -0.39 is 0 Å². The highest BCUT2D eigenvalue weighted by Crippen LogP contribution is 2.35. The fourth-order valence-electron chi connectivity index (χ4n) is 2.87. The average Bonchev–Trinajstić information content (AvgIpc) is 2.88. The fourth-order valence-corrected chi connectivity index (χ4v) is 2.87. The van der Waals surface area contributed by atoms with Crippen LogP contribution in [0.5, 0.6) is 0 Å². The minimum Gasteiger partial charge on any atom is -0.354 e. The predicted octanol–water partition coefficient (Wildman–Crippen LogP) is 0.749. The van der Waals surface area contributed by atoms with E-state index >= 15 is 0 Å². The van der Waals surface area contributed by atoms with Crippen LogP contribution >= 0.6 is 0 Å². The van der Waals surface area contributed by atoms with E-state index in [9.17, 15) is 4.79 Å². The van der Waals surface area contributed by atoms with E-state index in [1.54, 1.807) is 0 Å². The van der Waals surface area contributed by atoms with Crippen molar-refractivity contribution in [1.82, 2.24) is 10.2 Å². The second-order valence-corrected chi connectivity index (χ2v) is 5.03. The summed E-state index contributed by atoms with van der Waals surface area (Å²) in [5.74, 6) is 1.21. The van der Waals surface area contributed by atoms with Crippen molar-refractivity contribution in [2.24, 2.45) is 5.92 Å². The molecular weight excluding hydrogens is 176 g/mol. The Balaban J connectivity index is 1.71. The van der Waals surface area contributed by atoms with Crippen molar-refractivity contribution < 1.29 is 4.79 Å². The molecule has 3 nitrogen and oxygen atoms in total. The van der Waals surface area contributed by atoms with Gasteiger partial charge in [-0.1, -0.05) is 0 Å². The minimum atomic E-state index is 0.262. The van der Waals surface area contributed by atoms with Crippen molar-refractivity contribution in [2.75, 3.05) is 13.1 Å². The monoisotopic (exact) mass is 194 g/mol. The molecule has 3 rings (SSSR count). The van der Waals surface area contributed by atoms with Gasteiger partial charge in [0.15, 0.2) is 0 Å². The molecule has 0 radical (unpaired) electrons. The largest absolute Gasteiger partial charge is 0.354 e. The van der Waals surface area contributed by atoms with Crippen LogP contribution < -0.4 is 5.32 Å². The SMILES string of the molecule is O=C1C[C@@H]2CC[C@H](CN1)N2CC1CC1. The number of nitrogens with one attached hydrogen (secondary N) is 1. The molecule has 1 N–H and O–H groups in total. The topological polar surface area (TPSA) is 32.3 Å². The molecule has 2 saturated heterocycles. The lowest BCUT2D eigenvalue weighted by molar-refractivity contribution is -0.121. The molecule has 1 saturated carbocycles. The average molecular weight is 194 g/mol. The molecule has 0 spiro atoms. The van der Waals surface area contributed by atoms with Crippen LogP contribution in [0.1, 0.15) is 32.1 Å². The molecule has 0 aromatic rings. The first kappa shape index (κ1) is 8.72. The first-order valence-electron chi connectivity index (χ1n) is 5.85. The normalized spacial score (nSPS) is 38.1. The third-order valence-corrected chi connectivity index (χ3v) is 3.89. The zero-order chi connectivity index (χ0) is 9.54. The van der Waals surface area contributed by atoms with Crippen LogP contribution in [0.3, 0.4) is 0 Å². The third-order valence-electron chi connectivity index (χ3n) is 3.89. The van der Waals surface area contributed by atoms with Crippen LogP contribution in [0, 0.1) is 5.92 Å². The van der Waals surface area contributed by atoms with E-state index in [1.165, 1.54) is 32.2 Å². The van der Waals surface area contributed by atoms with E-state index in [0.29, 0.717) is 12.1 Å². The maximum absolute atomic E-state index is 11.4. The van der Waals surface area contributed by atoms with Crippen LogP contribution in [0.15, 0.2) is 0 Å². The van der Waals surface area contributed by atoms with Gasteiger partial charge in [-0.3, -0.25) is 9.69 Å². The number of hydrogen-bond acceptors (Lipinski definition) is 2. The smallest absolute Gasteiger partial charge is 0.221 e. The lowest BCUT2D eigenvalue weighted by atomic mass is 10.1. The van der Waals surface area contributed by atoms with E-state index in [1.807, 2.05) is 0 Å². The summed E-state index contributed by atoms with van der Waals surface area (Å²) in [6.07, 6.45) is 6.10. The number of nitrogens with zero attached hydrogens (tertiary/aromatic N) is 1. The van der Waals surface area contributed by atoms with Gasteiger partial charge >= 0.3 is 0 Å². The molecule has 0 unspecified atom stereocenters. The number of carbonyl (C=O) groups is 1. The van der Waals surface area contributed by atoms with Crippen LogP contribution in [0.25, 0.3) is 0 Å². The maximum atomic E-state index is 11.4. The Morgan fingerprint density at radius 1 is 1.21 bits per heavy atom. The summed E-state index contributed by atoms with van der Waals surface area (Å²) in [6.45, 7) is 2.15. The molecule has 2 atom stereocenters. The third kappa shape index (κ3) is 1.54. The quantitative estimate of drug-likeness (QED) is 0.703. The highest BCUT2D eigenvalue weighted by Gasteiger charge is 2.39. The molecular formula is C11H18N2O. The first-order chi connectivity index (χ1) is 6.83. The summed E-state index contributed by atoms with van der Waals surface area (Å²) >= 11 is 0. The van der Waals surface area contributed by atoms with E-state index in [2.05, 4.69) is 10.2 Å². The summed E-state index contributed by atoms with van der Waals surface area (Å²) in [6, 6.07) is 1.20. The molecule has 0 aromatic carbocycles. The predicted molar refractivity (Wildman–Crippen MR) is 53.9 cm³/mol. The molecule has 1 amide bonds. The van der Waals surface area contributed by atoms with Gasteiger partial charge < -0.3 is 5.32 Å². The highest BCUT2D eigenvalue weighted by molar-refractivity contribution is 5.77. The molecule has 1 aliphatic carbocycles. The van der Waals surface area contributed by atoms with Crippen LogP contribution in [-0.4, -0.2) is 36.0 Å². The Labute approximate surface area is 84.8 Å². The Morgan fingerprint density at radius 2 is 2.00 bits per heavy atom. The van der Waals surface area contributed by atoms with Crippen molar-refractivity contribution in [1.29, 1.82) is 0 Å². The molecule has 0 aromatic heterocycles. The van der Waals surface area contributed by atoms with Gasteiger partial charge in [-0.15, -0.1) is 0 Å². The van der Waals surface area contributed by atoms with Gasteiger partial charge in [0.2, 0.25) is 5.91 Å². The van der Waals surface area contributed by atoms with Crippen molar-refractivity contribution in [3.05, 3.63) is 0 Å². The second kappa shape index (κ2) is 3.23. The zero-order valence-corrected chi connectivity index (χ0v) is 8.54. The van der Waals surface area contributed by atoms with E-state index in [-0.39, 0.29) is 5.91 Å². The Morgan fingerprint density at radius 3 is 2.79 bits per heavy atom. The summed E-state index contributed by atoms with van der Waals surface area (Å²) in [7, 11) is 0. The van der Waals surface area contributed by atoms with Gasteiger partial charge in [0, 0.05) is 31.6 Å². The summed E-state index contributed by atoms with van der Waals surface area (Å²) in [5.41, 5.74) is 0. The lowest BCUT2D eigenvalue weighted by Crippen LogP contribution is -2.39. The zero-order valence-electron chi connectivity index (χ0n) is 8.54. The van der Waals surface area contributed by atoms with Gasteiger partial charge in [-0.05, 0) is 31.6 Å². The summed E-state index contributed by atoms with van der Waals surface area (Å²) < 4.78 is 0. The molecule has 3 fully saturated rings. The van der Waals surface area contributed by atoms with Gasteiger partial charge in [0.05, 0.1) is 0 Å². The Hall–Kier alpha value is -0.570. The van der Waals surface area contributed by atoms with Gasteiger partial charge in [-0.2, -0.15) is 0 Å². The van der Waals surface area contributed by atoms with Crippen LogP contribution in [0.2, 0.25) is 0 Å². The molecule has 3 aliphatic rings. The highest BCUT2D eigenvalue weighted by atomic mass is 16.1. The van der Waals surface area contributed by atoms with Crippen molar-refractivity contribution in [3.8, 4) is 0 Å². The molecule has 2 aliphatic heterocycles. The lowest BCUT2D eigenvalue weighted by Gasteiger charge is -2.26. The van der Waals surface area contributed by atoms with Gasteiger partial charge in [0.1, 0.15) is 0 Å². The minimum absolute atomic E-state index is 0.262. The summed E-state index contributed by atoms with van der Waals surface area (Å²) in [4.78, 5) is 14.0. The maximum Gasteiger partial charge on any atom is 0.221 e. The van der Waals surface area contributed by atoms with Crippen LogP contribution in [0.4, 0.5) is 0 Å². The van der Waals surface area contributed by atoms with Gasteiger partial charge in [-0.25, -0.2) is 0 Å². The van der Waals surface area contributed by atoms with Crippen molar-refractivity contribution >= 4 is 5.91 Å². The summed E-state index contributed by atoms with van der Waals surface area (Å²) in [5, 5.41) is 3.02. The van der Waals surface area contributed by atoms with Crippen molar-refractivity contribution in [3.63, 3.8) is 0 Å². The number of carbonyl (C=O) groups excluding carboxylic acids is 1. The number of fused-ring (bicyclic) bond motifs is 2. The second-order valence-electron chi connectivity index (χ2n) is 5.03. The standard InChI is InChI=1S/C11H18N2O/c14-11-5-9-3-4-10(6-12-11)13(9)7-8-1-2-8/h8-10H,1-7H2,(H,12,14)/t9-,10+/m0/s1. The number of rotatable bonds is 2. The molecule has 3 heteroatoms. The molecule has 2 heterocycles. The Bertz CT molecular complexity index is 250. The van der Waals surface area contributed by atoms with E-state index in [0.717, 1.165) is 18.9 Å². The first-order valence-corrected chi connectivity index (χ1v) is 5.85. The number of amides is 1. The van der Waals surface area contributed by atoms with Crippen molar-refractivity contribution in [2.45, 2.75) is 44.2 Å². The fraction of sp³-hybridized carbons (Fsp3) is 0.909. The molecule has 2 bridgehead atoms. The van der Waals surface area contributed by atoms with Gasteiger partial charge in [0.25, 0.3) is 0 Å². The Kier molecular flexibility index (Phi) is 2.01. The van der Waals surface area contributed by atoms with E-state index in [4.69, 9.17) is 0 Å².